The molecular formula is C9H13BrN2O2S. The van der Waals surface area contributed by atoms with E-state index in [0.717, 1.165) is 5.69 Å². The first-order valence-electron chi connectivity index (χ1n) is 4.28. The Labute approximate surface area is 98.5 Å². The molecule has 0 atom stereocenters. The maximum absolute atomic E-state index is 11.3. The topological polar surface area (TPSA) is 49.4 Å². The lowest BCUT2D eigenvalue weighted by Gasteiger charge is -2.14. The van der Waals surface area contributed by atoms with E-state index >= 15 is 0 Å². The molecule has 0 spiro atoms. The highest BCUT2D eigenvalue weighted by Crippen LogP contribution is 2.18. The number of halogens is 1. The fourth-order valence-corrected chi connectivity index (χ4v) is 1.94. The Morgan fingerprint density at radius 2 is 2.07 bits per heavy atom. The summed E-state index contributed by atoms with van der Waals surface area (Å²) in [5.74, 6) is 0. The van der Waals surface area contributed by atoms with E-state index in [4.69, 9.17) is 0 Å². The lowest BCUT2D eigenvalue weighted by atomic mass is 10.3. The molecule has 0 fully saturated rings. The minimum absolute atomic E-state index is 0.105. The average Bonchev–Trinajstić information content (AvgIpc) is 2.17. The molecule has 0 aliphatic heterocycles. The number of sulfonamides is 1. The average molecular weight is 293 g/mol. The molecule has 0 aliphatic carbocycles. The molecule has 1 aromatic carbocycles. The van der Waals surface area contributed by atoms with Crippen LogP contribution in [0.5, 0.6) is 0 Å². The predicted molar refractivity (Wildman–Crippen MR) is 67.1 cm³/mol. The maximum atomic E-state index is 11.3. The smallest absolute Gasteiger partial charge is 0.242 e. The second-order valence-electron chi connectivity index (χ2n) is 3.27. The minimum Gasteiger partial charge on any atom is -0.378 e. The quantitative estimate of drug-likeness (QED) is 0.862. The van der Waals surface area contributed by atoms with Crippen LogP contribution in [0.25, 0.3) is 0 Å². The number of hydrogen-bond donors (Lipinski definition) is 1. The Balaban J connectivity index is 2.92. The maximum Gasteiger partial charge on any atom is 0.242 e. The monoisotopic (exact) mass is 292 g/mol. The number of benzene rings is 1. The molecule has 1 aromatic rings. The van der Waals surface area contributed by atoms with Gasteiger partial charge < -0.3 is 4.90 Å². The summed E-state index contributed by atoms with van der Waals surface area (Å²) in [7, 11) is 0.535. The molecule has 0 aliphatic rings. The number of anilines is 2. The summed E-state index contributed by atoms with van der Waals surface area (Å²) >= 11 is 2.91. The molecule has 0 amide bonds. The van der Waals surface area contributed by atoms with Crippen LogP contribution in [0.15, 0.2) is 24.3 Å². The first-order valence-corrected chi connectivity index (χ1v) is 7.06. The Hall–Kier alpha value is -0.750. The van der Waals surface area contributed by atoms with Gasteiger partial charge in [-0.2, -0.15) is 0 Å². The first kappa shape index (κ1) is 12.3. The van der Waals surface area contributed by atoms with Crippen molar-refractivity contribution in [2.24, 2.45) is 0 Å². The van der Waals surface area contributed by atoms with Gasteiger partial charge in [-0.15, -0.1) is 0 Å². The highest BCUT2D eigenvalue weighted by Gasteiger charge is 2.07. The van der Waals surface area contributed by atoms with Crippen LogP contribution in [-0.4, -0.2) is 27.2 Å². The van der Waals surface area contributed by atoms with E-state index in [2.05, 4.69) is 20.7 Å². The standard InChI is InChI=1S/C9H13BrN2O2S/c1-12(2)9-5-3-4-8(6-9)11-15(13,14)7-10/h3-6,11H,7H2,1-2H3. The van der Waals surface area contributed by atoms with E-state index in [1.54, 1.807) is 18.2 Å². The van der Waals surface area contributed by atoms with Crippen molar-refractivity contribution >= 4 is 37.3 Å². The van der Waals surface area contributed by atoms with Crippen LogP contribution in [0.4, 0.5) is 11.4 Å². The van der Waals surface area contributed by atoms with Gasteiger partial charge in [0, 0.05) is 19.8 Å². The minimum atomic E-state index is -3.27. The zero-order chi connectivity index (χ0) is 11.5. The summed E-state index contributed by atoms with van der Waals surface area (Å²) in [5, 5.41) is 0. The molecular weight excluding hydrogens is 280 g/mol. The van der Waals surface area contributed by atoms with Gasteiger partial charge in [-0.1, -0.05) is 22.0 Å². The summed E-state index contributed by atoms with van der Waals surface area (Å²) < 4.78 is 24.9. The SMILES string of the molecule is CN(C)c1cccc(NS(=O)(=O)CBr)c1. The second-order valence-corrected chi connectivity index (χ2v) is 6.30. The molecule has 6 heteroatoms. The fourth-order valence-electron chi connectivity index (χ4n) is 1.05. The van der Waals surface area contributed by atoms with E-state index in [9.17, 15) is 8.42 Å². The molecule has 0 unspecified atom stereocenters. The van der Waals surface area contributed by atoms with Crippen LogP contribution in [0.2, 0.25) is 0 Å². The summed E-state index contributed by atoms with van der Waals surface area (Å²) in [6.45, 7) is 0. The van der Waals surface area contributed by atoms with Crippen molar-refractivity contribution in [3.05, 3.63) is 24.3 Å². The largest absolute Gasteiger partial charge is 0.378 e. The van der Waals surface area contributed by atoms with Crippen molar-refractivity contribution in [2.45, 2.75) is 0 Å². The highest BCUT2D eigenvalue weighted by molar-refractivity contribution is 9.10. The zero-order valence-corrected chi connectivity index (χ0v) is 11.0. The van der Waals surface area contributed by atoms with Crippen LogP contribution in [-0.2, 0) is 10.0 Å². The van der Waals surface area contributed by atoms with Crippen molar-refractivity contribution in [2.75, 3.05) is 28.4 Å². The van der Waals surface area contributed by atoms with Crippen LogP contribution in [0, 0.1) is 0 Å². The van der Waals surface area contributed by atoms with E-state index < -0.39 is 10.0 Å². The fraction of sp³-hybridized carbons (Fsp3) is 0.333. The summed E-state index contributed by atoms with van der Waals surface area (Å²) in [5.41, 5.74) is 1.52. The molecule has 15 heavy (non-hydrogen) atoms. The van der Waals surface area contributed by atoms with E-state index in [-0.39, 0.29) is 4.66 Å². The third-order valence-corrected chi connectivity index (χ3v) is 4.42. The van der Waals surface area contributed by atoms with Gasteiger partial charge in [0.1, 0.15) is 4.66 Å². The van der Waals surface area contributed by atoms with E-state index in [0.29, 0.717) is 5.69 Å². The van der Waals surface area contributed by atoms with Crippen molar-refractivity contribution < 1.29 is 8.42 Å². The first-order chi connectivity index (χ1) is 6.94. The summed E-state index contributed by atoms with van der Waals surface area (Å²) in [6.07, 6.45) is 0. The molecule has 84 valence electrons. The third kappa shape index (κ3) is 3.71. The Bertz CT molecular complexity index is 431. The zero-order valence-electron chi connectivity index (χ0n) is 8.57. The Morgan fingerprint density at radius 1 is 1.40 bits per heavy atom. The van der Waals surface area contributed by atoms with Crippen LogP contribution < -0.4 is 9.62 Å². The normalized spacial score (nSPS) is 11.1. The molecule has 0 heterocycles. The van der Waals surface area contributed by atoms with Gasteiger partial charge in [0.2, 0.25) is 10.0 Å². The summed E-state index contributed by atoms with van der Waals surface area (Å²) in [6, 6.07) is 7.21. The predicted octanol–water partition coefficient (Wildman–Crippen LogP) is 1.85. The number of nitrogens with zero attached hydrogens (tertiary/aromatic N) is 1. The Kier molecular flexibility index (Phi) is 3.98. The van der Waals surface area contributed by atoms with Crippen LogP contribution in [0.1, 0.15) is 0 Å². The Morgan fingerprint density at radius 3 is 2.60 bits per heavy atom. The van der Waals surface area contributed by atoms with Gasteiger partial charge in [-0.25, -0.2) is 8.42 Å². The lowest BCUT2D eigenvalue weighted by molar-refractivity contribution is 0.606. The lowest BCUT2D eigenvalue weighted by Crippen LogP contribution is -2.14. The van der Waals surface area contributed by atoms with Crippen molar-refractivity contribution in [1.29, 1.82) is 0 Å². The molecule has 0 saturated carbocycles. The van der Waals surface area contributed by atoms with E-state index in [1.807, 2.05) is 25.1 Å². The highest BCUT2D eigenvalue weighted by atomic mass is 79.9. The van der Waals surface area contributed by atoms with Gasteiger partial charge in [0.05, 0.1) is 5.69 Å². The van der Waals surface area contributed by atoms with Gasteiger partial charge in [0.15, 0.2) is 0 Å². The van der Waals surface area contributed by atoms with Crippen LogP contribution >= 0.6 is 15.9 Å². The van der Waals surface area contributed by atoms with E-state index in [1.165, 1.54) is 0 Å². The van der Waals surface area contributed by atoms with Crippen molar-refractivity contribution in [3.8, 4) is 0 Å². The second kappa shape index (κ2) is 4.85. The molecule has 1 rings (SSSR count). The van der Waals surface area contributed by atoms with Crippen molar-refractivity contribution in [3.63, 3.8) is 0 Å². The number of alkyl halides is 1. The molecule has 0 aromatic heterocycles. The number of hydrogen-bond acceptors (Lipinski definition) is 3. The van der Waals surface area contributed by atoms with Gasteiger partial charge in [0.25, 0.3) is 0 Å². The van der Waals surface area contributed by atoms with Crippen LogP contribution in [0.3, 0.4) is 0 Å². The summed E-state index contributed by atoms with van der Waals surface area (Å²) in [4.78, 5) is 1.91. The van der Waals surface area contributed by atoms with Gasteiger partial charge >= 0.3 is 0 Å². The molecule has 1 N–H and O–H groups in total. The van der Waals surface area contributed by atoms with Gasteiger partial charge in [-0.05, 0) is 18.2 Å². The number of rotatable bonds is 4. The third-order valence-electron chi connectivity index (χ3n) is 1.78. The number of nitrogens with one attached hydrogen (secondary N) is 1. The molecule has 0 bridgehead atoms. The molecule has 0 radical (unpaired) electrons. The van der Waals surface area contributed by atoms with Crippen molar-refractivity contribution in [1.82, 2.24) is 0 Å². The molecule has 0 saturated heterocycles. The molecule has 4 nitrogen and oxygen atoms in total. The van der Waals surface area contributed by atoms with Gasteiger partial charge in [-0.3, -0.25) is 4.72 Å².